The molecule has 0 saturated carbocycles. The van der Waals surface area contributed by atoms with E-state index in [0.29, 0.717) is 18.7 Å². The first kappa shape index (κ1) is 17.3. The van der Waals surface area contributed by atoms with Crippen molar-refractivity contribution in [3.8, 4) is 5.75 Å². The second-order valence-corrected chi connectivity index (χ2v) is 4.88. The van der Waals surface area contributed by atoms with Gasteiger partial charge in [0.15, 0.2) is 5.84 Å². The fourth-order valence-corrected chi connectivity index (χ4v) is 2.26. The molecule has 0 bridgehead atoms. The van der Waals surface area contributed by atoms with Crippen molar-refractivity contribution in [2.75, 3.05) is 27.4 Å². The maximum atomic E-state index is 8.80. The Morgan fingerprint density at radius 1 is 1.43 bits per heavy atom. The van der Waals surface area contributed by atoms with Crippen LogP contribution in [0.15, 0.2) is 23.4 Å². The molecule has 1 atom stereocenters. The number of hydrogen-bond donors (Lipinski definition) is 2. The van der Waals surface area contributed by atoms with Crippen LogP contribution in [0, 0.1) is 0 Å². The van der Waals surface area contributed by atoms with E-state index in [1.165, 1.54) is 0 Å². The van der Waals surface area contributed by atoms with E-state index in [-0.39, 0.29) is 11.9 Å². The SMILES string of the molecule is CCN(Cc1cc(/C(N)=N/O)ccc1OC)C(C)COC. The second-order valence-electron chi connectivity index (χ2n) is 4.88. The van der Waals surface area contributed by atoms with Crippen molar-refractivity contribution < 1.29 is 14.7 Å². The zero-order valence-electron chi connectivity index (χ0n) is 13.2. The zero-order chi connectivity index (χ0) is 15.8. The van der Waals surface area contributed by atoms with Crippen molar-refractivity contribution in [3.05, 3.63) is 29.3 Å². The van der Waals surface area contributed by atoms with Crippen LogP contribution in [0.1, 0.15) is 25.0 Å². The third kappa shape index (κ3) is 4.61. The molecule has 1 rings (SSSR count). The van der Waals surface area contributed by atoms with Crippen LogP contribution in [0.4, 0.5) is 0 Å². The molecule has 0 amide bonds. The van der Waals surface area contributed by atoms with Crippen molar-refractivity contribution in [1.29, 1.82) is 0 Å². The number of methoxy groups -OCH3 is 2. The molecule has 1 aromatic carbocycles. The lowest BCUT2D eigenvalue weighted by atomic mass is 10.1. The van der Waals surface area contributed by atoms with Gasteiger partial charge in [0, 0.05) is 30.8 Å². The van der Waals surface area contributed by atoms with Crippen LogP contribution < -0.4 is 10.5 Å². The van der Waals surface area contributed by atoms with E-state index in [9.17, 15) is 0 Å². The van der Waals surface area contributed by atoms with Crippen LogP contribution in [0.25, 0.3) is 0 Å². The van der Waals surface area contributed by atoms with Gasteiger partial charge in [0.2, 0.25) is 0 Å². The highest BCUT2D eigenvalue weighted by Crippen LogP contribution is 2.22. The molecule has 0 fully saturated rings. The standard InChI is InChI=1S/C15H25N3O3/c1-5-18(11(2)10-20-3)9-13-8-12(15(16)17-19)6-7-14(13)21-4/h6-8,11,19H,5,9-10H2,1-4H3,(H2,16,17). The minimum atomic E-state index is 0.0897. The molecule has 21 heavy (non-hydrogen) atoms. The minimum absolute atomic E-state index is 0.0897. The third-order valence-electron chi connectivity index (χ3n) is 3.49. The molecule has 3 N–H and O–H groups in total. The summed E-state index contributed by atoms with van der Waals surface area (Å²) in [7, 11) is 3.33. The Kier molecular flexibility index (Phi) is 6.98. The first-order valence-electron chi connectivity index (χ1n) is 6.95. The van der Waals surface area contributed by atoms with Gasteiger partial charge in [0.05, 0.1) is 13.7 Å². The van der Waals surface area contributed by atoms with Crippen LogP contribution in [-0.2, 0) is 11.3 Å². The molecule has 0 saturated heterocycles. The molecule has 0 aliphatic heterocycles. The average molecular weight is 295 g/mol. The average Bonchev–Trinajstić information content (AvgIpc) is 2.51. The molecule has 0 aliphatic rings. The Morgan fingerprint density at radius 3 is 2.67 bits per heavy atom. The van der Waals surface area contributed by atoms with Gasteiger partial charge < -0.3 is 20.4 Å². The molecular formula is C15H25N3O3. The van der Waals surface area contributed by atoms with Gasteiger partial charge in [0.25, 0.3) is 0 Å². The summed E-state index contributed by atoms with van der Waals surface area (Å²) < 4.78 is 10.6. The Labute approximate surface area is 126 Å². The van der Waals surface area contributed by atoms with Crippen molar-refractivity contribution >= 4 is 5.84 Å². The minimum Gasteiger partial charge on any atom is -0.496 e. The highest BCUT2D eigenvalue weighted by atomic mass is 16.5. The number of likely N-dealkylation sites (N-methyl/N-ethyl adjacent to an activating group) is 1. The van der Waals surface area contributed by atoms with E-state index < -0.39 is 0 Å². The number of oxime groups is 1. The highest BCUT2D eigenvalue weighted by Gasteiger charge is 2.15. The maximum Gasteiger partial charge on any atom is 0.170 e. The quantitative estimate of drug-likeness (QED) is 0.330. The summed E-state index contributed by atoms with van der Waals surface area (Å²) >= 11 is 0. The predicted molar refractivity (Wildman–Crippen MR) is 82.9 cm³/mol. The molecule has 118 valence electrons. The molecule has 1 aromatic rings. The van der Waals surface area contributed by atoms with E-state index in [4.69, 9.17) is 20.4 Å². The first-order chi connectivity index (χ1) is 10.1. The molecule has 0 radical (unpaired) electrons. The first-order valence-corrected chi connectivity index (χ1v) is 6.95. The van der Waals surface area contributed by atoms with Gasteiger partial charge in [-0.2, -0.15) is 0 Å². The van der Waals surface area contributed by atoms with Crippen LogP contribution in [-0.4, -0.2) is 49.4 Å². The molecular weight excluding hydrogens is 270 g/mol. The van der Waals surface area contributed by atoms with Gasteiger partial charge in [-0.25, -0.2) is 0 Å². The van der Waals surface area contributed by atoms with Crippen LogP contribution in [0.3, 0.4) is 0 Å². The Morgan fingerprint density at radius 2 is 2.14 bits per heavy atom. The third-order valence-corrected chi connectivity index (χ3v) is 3.49. The number of rotatable bonds is 8. The monoisotopic (exact) mass is 295 g/mol. The summed E-state index contributed by atoms with van der Waals surface area (Å²) in [5.41, 5.74) is 7.31. The van der Waals surface area contributed by atoms with Crippen molar-refractivity contribution in [2.45, 2.75) is 26.4 Å². The number of benzene rings is 1. The van der Waals surface area contributed by atoms with E-state index >= 15 is 0 Å². The summed E-state index contributed by atoms with van der Waals surface area (Å²) in [5, 5.41) is 11.8. The van der Waals surface area contributed by atoms with Crippen molar-refractivity contribution in [2.24, 2.45) is 10.9 Å². The highest BCUT2D eigenvalue weighted by molar-refractivity contribution is 5.97. The van der Waals surface area contributed by atoms with Gasteiger partial charge >= 0.3 is 0 Å². The number of nitrogens with two attached hydrogens (primary N) is 1. The Bertz CT molecular complexity index is 477. The lowest BCUT2D eigenvalue weighted by Crippen LogP contribution is -2.35. The summed E-state index contributed by atoms with van der Waals surface area (Å²) in [4.78, 5) is 2.28. The number of hydrogen-bond acceptors (Lipinski definition) is 5. The molecule has 0 heterocycles. The van der Waals surface area contributed by atoms with E-state index in [2.05, 4.69) is 23.9 Å². The smallest absolute Gasteiger partial charge is 0.170 e. The normalized spacial score (nSPS) is 13.5. The molecule has 0 spiro atoms. The second kappa shape index (κ2) is 8.49. The fraction of sp³-hybridized carbons (Fsp3) is 0.533. The largest absolute Gasteiger partial charge is 0.496 e. The maximum absolute atomic E-state index is 8.80. The number of ether oxygens (including phenoxy) is 2. The van der Waals surface area contributed by atoms with Crippen molar-refractivity contribution in [1.82, 2.24) is 4.90 Å². The van der Waals surface area contributed by atoms with Gasteiger partial charge in [0.1, 0.15) is 5.75 Å². The lowest BCUT2D eigenvalue weighted by Gasteiger charge is -2.28. The van der Waals surface area contributed by atoms with Gasteiger partial charge in [-0.1, -0.05) is 12.1 Å². The molecule has 6 heteroatoms. The zero-order valence-corrected chi connectivity index (χ0v) is 13.2. The summed E-state index contributed by atoms with van der Waals surface area (Å²) in [6, 6.07) is 5.78. The van der Waals surface area contributed by atoms with E-state index in [1.54, 1.807) is 20.3 Å². The lowest BCUT2D eigenvalue weighted by molar-refractivity contribution is 0.0976. The van der Waals surface area contributed by atoms with E-state index in [1.807, 2.05) is 12.1 Å². The summed E-state index contributed by atoms with van der Waals surface area (Å²) in [5.74, 6) is 0.874. The predicted octanol–water partition coefficient (Wildman–Crippen LogP) is 1.65. The Hall–Kier alpha value is -1.79. The molecule has 6 nitrogen and oxygen atoms in total. The fourth-order valence-electron chi connectivity index (χ4n) is 2.26. The number of nitrogens with zero attached hydrogens (tertiary/aromatic N) is 2. The topological polar surface area (TPSA) is 80.3 Å². The summed E-state index contributed by atoms with van der Waals surface area (Å²) in [6.45, 7) is 6.48. The number of amidine groups is 1. The Balaban J connectivity index is 3.03. The molecule has 0 aliphatic carbocycles. The van der Waals surface area contributed by atoms with Crippen LogP contribution >= 0.6 is 0 Å². The van der Waals surface area contributed by atoms with Crippen LogP contribution in [0.2, 0.25) is 0 Å². The molecule has 0 aromatic heterocycles. The van der Waals surface area contributed by atoms with Crippen LogP contribution in [0.5, 0.6) is 5.75 Å². The van der Waals surface area contributed by atoms with Crippen molar-refractivity contribution in [3.63, 3.8) is 0 Å². The summed E-state index contributed by atoms with van der Waals surface area (Å²) in [6.07, 6.45) is 0. The van der Waals surface area contributed by atoms with Gasteiger partial charge in [-0.15, -0.1) is 0 Å². The van der Waals surface area contributed by atoms with E-state index in [0.717, 1.165) is 17.9 Å². The van der Waals surface area contributed by atoms with Gasteiger partial charge in [-0.05, 0) is 31.7 Å². The van der Waals surface area contributed by atoms with Gasteiger partial charge in [-0.3, -0.25) is 4.90 Å². The molecule has 1 unspecified atom stereocenters.